The molecule has 3 atom stereocenters. The highest BCUT2D eigenvalue weighted by Gasteiger charge is 2.43. The normalized spacial score (nSPS) is 26.1. The molecule has 0 unspecified atom stereocenters. The fourth-order valence-electron chi connectivity index (χ4n) is 3.84. The van der Waals surface area contributed by atoms with Crippen LogP contribution in [0.15, 0.2) is 0 Å². The van der Waals surface area contributed by atoms with E-state index >= 15 is 0 Å². The number of hydrogen-bond donors (Lipinski definition) is 4. The van der Waals surface area contributed by atoms with Gasteiger partial charge in [-0.05, 0) is 18.8 Å². The summed E-state index contributed by atoms with van der Waals surface area (Å²) >= 11 is 0. The smallest absolute Gasteiger partial charge is 0.326 e. The van der Waals surface area contributed by atoms with Crippen molar-refractivity contribution >= 4 is 35.5 Å². The number of amides is 5. The Hall–Kier alpha value is -3.01. The van der Waals surface area contributed by atoms with E-state index in [4.69, 9.17) is 4.74 Å². The largest absolute Gasteiger partial charge is 1.00 e. The van der Waals surface area contributed by atoms with E-state index in [1.54, 1.807) is 13.8 Å². The van der Waals surface area contributed by atoms with Crippen molar-refractivity contribution in [1.29, 1.82) is 0 Å². The maximum atomic E-state index is 13.3. The van der Waals surface area contributed by atoms with Gasteiger partial charge in [0.1, 0.15) is 19.1 Å². The molecule has 0 bridgehead atoms. The zero-order valence-corrected chi connectivity index (χ0v) is 22.2. The van der Waals surface area contributed by atoms with Crippen LogP contribution in [0.1, 0.15) is 26.7 Å². The Labute approximate surface area is 220 Å². The van der Waals surface area contributed by atoms with Gasteiger partial charge in [-0.15, -0.1) is 0 Å². The molecule has 15 nitrogen and oxygen atoms in total. The Morgan fingerprint density at radius 2 is 1.59 bits per heavy atom. The van der Waals surface area contributed by atoms with Gasteiger partial charge in [-0.1, -0.05) is 13.8 Å². The summed E-state index contributed by atoms with van der Waals surface area (Å²) in [7, 11) is 2.65. The average Bonchev–Trinajstić information content (AvgIpc) is 2.83. The Morgan fingerprint density at radius 1 is 0.973 bits per heavy atom. The summed E-state index contributed by atoms with van der Waals surface area (Å²) in [6.07, 6.45) is -0.241. The summed E-state index contributed by atoms with van der Waals surface area (Å²) in [4.78, 5) is 77.8. The average molecular weight is 550 g/mol. The number of likely N-dealkylation sites (N-methyl/N-ethyl adjacent to an activating group) is 2. The molecule has 2 saturated heterocycles. The van der Waals surface area contributed by atoms with Gasteiger partial charge in [0.05, 0.1) is 13.1 Å². The van der Waals surface area contributed by atoms with Crippen molar-refractivity contribution in [3.63, 3.8) is 0 Å². The minimum Gasteiger partial charge on any atom is -1.00 e. The number of nitrogens with one attached hydrogen (secondary N) is 2. The first-order valence-corrected chi connectivity index (χ1v) is 11.7. The molecule has 210 valence electrons. The molecule has 0 aromatic rings. The number of halogens is 1. The summed E-state index contributed by atoms with van der Waals surface area (Å²) in [5.74, 6) is -4.61. The van der Waals surface area contributed by atoms with Crippen LogP contribution in [0.5, 0.6) is 0 Å². The van der Waals surface area contributed by atoms with E-state index < -0.39 is 79.9 Å². The maximum Gasteiger partial charge on any atom is 0.326 e. The predicted molar refractivity (Wildman–Crippen MR) is 121 cm³/mol. The highest BCUT2D eigenvalue weighted by atomic mass is 35.5. The Morgan fingerprint density at radius 3 is 2.22 bits per heavy atom. The van der Waals surface area contributed by atoms with Crippen LogP contribution in [0.3, 0.4) is 0 Å². The molecule has 2 aliphatic heterocycles. The van der Waals surface area contributed by atoms with E-state index in [9.17, 15) is 34.0 Å². The van der Waals surface area contributed by atoms with Crippen molar-refractivity contribution in [3.8, 4) is 0 Å². The molecule has 5 amide bonds. The standard InChI is InChI=1S/C21H35N7O8.ClH/c1-12(2)19-18(22)21(34)28-13(6-5-7-24-28)20(33)27(35)10-16(31)25(3)9-14(29)23-8-15(30)26(4)11-17(32)36-19;/h12-13,18-19,24,35H,5-11,22H2,1-4H3,(H,23,29);1H/t13-,18+,19+;/m1./s1. The van der Waals surface area contributed by atoms with E-state index in [-0.39, 0.29) is 29.8 Å². The van der Waals surface area contributed by atoms with Crippen LogP contribution >= 0.6 is 0 Å². The monoisotopic (exact) mass is 549 g/mol. The minimum absolute atomic E-state index is 0. The molecule has 2 fully saturated rings. The molecule has 2 heterocycles. The first-order valence-electron chi connectivity index (χ1n) is 11.7. The van der Waals surface area contributed by atoms with Crippen LogP contribution < -0.4 is 28.9 Å². The number of rotatable bonds is 1. The van der Waals surface area contributed by atoms with Gasteiger partial charge in [-0.3, -0.25) is 39.0 Å². The molecule has 37 heavy (non-hydrogen) atoms. The van der Waals surface area contributed by atoms with Gasteiger partial charge in [0.2, 0.25) is 23.8 Å². The number of carbonyl (C=O) groups excluding carboxylic acids is 6. The van der Waals surface area contributed by atoms with Crippen LogP contribution in [0.2, 0.25) is 0 Å². The van der Waals surface area contributed by atoms with Gasteiger partial charge in [-0.2, -0.15) is 0 Å². The Bertz CT molecular complexity index is 889. The van der Waals surface area contributed by atoms with Crippen molar-refractivity contribution in [2.75, 3.05) is 46.8 Å². The van der Waals surface area contributed by atoms with Crippen LogP contribution in [-0.2, 0) is 33.5 Å². The van der Waals surface area contributed by atoms with Crippen molar-refractivity contribution in [1.82, 2.24) is 30.6 Å². The number of fused-ring (bicyclic) bond motifs is 1. The highest BCUT2D eigenvalue weighted by Crippen LogP contribution is 2.18. The number of quaternary nitrogens is 1. The maximum absolute atomic E-state index is 13.3. The Kier molecular flexibility index (Phi) is 12.2. The van der Waals surface area contributed by atoms with Crippen LogP contribution in [0.4, 0.5) is 0 Å². The third-order valence-corrected chi connectivity index (χ3v) is 5.98. The first kappa shape index (κ1) is 32.0. The van der Waals surface area contributed by atoms with Gasteiger partial charge in [0.25, 0.3) is 11.8 Å². The molecule has 6 N–H and O–H groups in total. The van der Waals surface area contributed by atoms with Crippen LogP contribution in [0, 0.1) is 5.92 Å². The summed E-state index contributed by atoms with van der Waals surface area (Å²) < 4.78 is 5.50. The number of cyclic esters (lactones) is 1. The molecule has 0 aromatic heterocycles. The zero-order valence-electron chi connectivity index (χ0n) is 21.4. The van der Waals surface area contributed by atoms with Gasteiger partial charge < -0.3 is 38.0 Å². The van der Waals surface area contributed by atoms with E-state index in [2.05, 4.69) is 16.5 Å². The summed E-state index contributed by atoms with van der Waals surface area (Å²) in [5.41, 5.74) is 6.71. The van der Waals surface area contributed by atoms with Gasteiger partial charge >= 0.3 is 5.97 Å². The lowest BCUT2D eigenvalue weighted by Gasteiger charge is -2.38. The SMILES string of the molecule is CC(C)[C@@H]1OC(=O)CN(C)C(=O)CNC(=O)CN(C)C(=O)CN(O)C(=O)[C@H]2CCCNN2C(=O)[C@H]1[NH3+].[Cl-]. The van der Waals surface area contributed by atoms with Crippen LogP contribution in [-0.4, -0.2) is 126 Å². The third-order valence-electron chi connectivity index (χ3n) is 5.98. The second-order valence-corrected chi connectivity index (χ2v) is 9.25. The summed E-state index contributed by atoms with van der Waals surface area (Å²) in [6, 6.07) is -2.24. The summed E-state index contributed by atoms with van der Waals surface area (Å²) in [5, 5.41) is 13.9. The highest BCUT2D eigenvalue weighted by molar-refractivity contribution is 5.93. The second kappa shape index (κ2) is 14.1. The van der Waals surface area contributed by atoms with E-state index in [0.717, 1.165) is 14.8 Å². The number of ether oxygens (including phenoxy) is 1. The molecule has 0 spiro atoms. The lowest BCUT2D eigenvalue weighted by atomic mass is 9.98. The first-order chi connectivity index (χ1) is 16.8. The van der Waals surface area contributed by atoms with Crippen molar-refractivity contribution in [2.45, 2.75) is 44.9 Å². The number of esters is 1. The number of carbonyl (C=O) groups is 6. The second-order valence-electron chi connectivity index (χ2n) is 9.25. The molecular weight excluding hydrogens is 514 g/mol. The quantitative estimate of drug-likeness (QED) is 0.181. The summed E-state index contributed by atoms with van der Waals surface area (Å²) in [6.45, 7) is 1.79. The lowest BCUT2D eigenvalue weighted by Crippen LogP contribution is -3.00. The van der Waals surface area contributed by atoms with Crippen molar-refractivity contribution < 1.29 is 56.9 Å². The van der Waals surface area contributed by atoms with Crippen LogP contribution in [0.25, 0.3) is 0 Å². The molecule has 0 aromatic carbocycles. The molecular formula is C21H36ClN7O8. The molecule has 0 aliphatic carbocycles. The Balaban J connectivity index is 0.00000684. The van der Waals surface area contributed by atoms with Crippen molar-refractivity contribution in [2.24, 2.45) is 5.92 Å². The van der Waals surface area contributed by atoms with Crippen molar-refractivity contribution in [3.05, 3.63) is 0 Å². The van der Waals surface area contributed by atoms with Gasteiger partial charge in [0.15, 0.2) is 6.10 Å². The fraction of sp³-hybridized carbons (Fsp3) is 0.714. The topological polar surface area (TPSA) is 197 Å². The number of hydroxylamine groups is 2. The zero-order chi connectivity index (χ0) is 27.2. The molecule has 16 heteroatoms. The number of hydrogen-bond acceptors (Lipinski definition) is 9. The predicted octanol–water partition coefficient (Wildman–Crippen LogP) is -7.07. The lowest BCUT2D eigenvalue weighted by molar-refractivity contribution is -0.426. The van der Waals surface area contributed by atoms with Gasteiger partial charge in [0, 0.05) is 20.6 Å². The molecule has 2 rings (SSSR count). The minimum atomic E-state index is -1.13. The van der Waals surface area contributed by atoms with Gasteiger partial charge in [-0.25, -0.2) is 10.5 Å². The third kappa shape index (κ3) is 8.52. The number of nitrogens with zero attached hydrogens (tertiary/aromatic N) is 4. The van der Waals surface area contributed by atoms with E-state index in [1.807, 2.05) is 0 Å². The van der Waals surface area contributed by atoms with E-state index in [1.165, 1.54) is 14.1 Å². The fourth-order valence-corrected chi connectivity index (χ4v) is 3.84. The molecule has 0 saturated carbocycles. The molecule has 0 radical (unpaired) electrons. The number of hydrazine groups is 1. The van der Waals surface area contributed by atoms with E-state index in [0.29, 0.717) is 13.0 Å². The molecule has 2 aliphatic rings.